The molecular formula is C9H8Br3N3OS. The molecule has 4 N–H and O–H groups in total. The second-order valence-corrected chi connectivity index (χ2v) is 6.59. The van der Waals surface area contributed by atoms with Gasteiger partial charge >= 0.3 is 0 Å². The van der Waals surface area contributed by atoms with Crippen molar-refractivity contribution in [1.29, 1.82) is 5.41 Å². The van der Waals surface area contributed by atoms with E-state index in [1.807, 2.05) is 12.1 Å². The summed E-state index contributed by atoms with van der Waals surface area (Å²) in [6, 6.07) is 3.66. The number of carbonyl (C=O) groups excluding carboxylic acids is 1. The van der Waals surface area contributed by atoms with E-state index in [2.05, 4.69) is 53.1 Å². The lowest BCUT2D eigenvalue weighted by atomic mass is 10.3. The van der Waals surface area contributed by atoms with Crippen LogP contribution in [0.5, 0.6) is 0 Å². The minimum absolute atomic E-state index is 0.0749. The van der Waals surface area contributed by atoms with Crippen LogP contribution in [0.1, 0.15) is 0 Å². The van der Waals surface area contributed by atoms with Crippen LogP contribution >= 0.6 is 59.6 Å². The number of anilines is 1. The molecule has 0 atom stereocenters. The lowest BCUT2D eigenvalue weighted by Crippen LogP contribution is -2.17. The Balaban J connectivity index is 2.75. The number of rotatable bonds is 3. The predicted octanol–water partition coefficient (Wildman–Crippen LogP) is 3.54. The number of amidine groups is 1. The highest BCUT2D eigenvalue weighted by atomic mass is 79.9. The van der Waals surface area contributed by atoms with Crippen molar-refractivity contribution in [1.82, 2.24) is 0 Å². The van der Waals surface area contributed by atoms with Gasteiger partial charge in [-0.2, -0.15) is 0 Å². The maximum absolute atomic E-state index is 11.6. The van der Waals surface area contributed by atoms with Crippen LogP contribution in [0.15, 0.2) is 25.6 Å². The van der Waals surface area contributed by atoms with Crippen LogP contribution in [-0.2, 0) is 4.79 Å². The minimum Gasteiger partial charge on any atom is -0.379 e. The van der Waals surface area contributed by atoms with Gasteiger partial charge in [-0.3, -0.25) is 10.2 Å². The summed E-state index contributed by atoms with van der Waals surface area (Å²) in [6.07, 6.45) is 0. The van der Waals surface area contributed by atoms with Crippen molar-refractivity contribution in [3.8, 4) is 0 Å². The van der Waals surface area contributed by atoms with Crippen LogP contribution in [0.25, 0.3) is 0 Å². The van der Waals surface area contributed by atoms with Crippen LogP contribution in [0, 0.1) is 5.41 Å². The van der Waals surface area contributed by atoms with Crippen molar-refractivity contribution < 1.29 is 4.79 Å². The van der Waals surface area contributed by atoms with E-state index in [0.29, 0.717) is 5.69 Å². The molecule has 17 heavy (non-hydrogen) atoms. The number of halogens is 3. The van der Waals surface area contributed by atoms with Gasteiger partial charge in [-0.15, -0.1) is 0 Å². The third kappa shape index (κ3) is 4.99. The van der Waals surface area contributed by atoms with Gasteiger partial charge in [-0.1, -0.05) is 27.7 Å². The second-order valence-electron chi connectivity index (χ2n) is 2.95. The number of benzene rings is 1. The molecule has 0 aliphatic heterocycles. The molecule has 92 valence electrons. The van der Waals surface area contributed by atoms with E-state index in [0.717, 1.165) is 25.2 Å². The molecule has 0 radical (unpaired) electrons. The van der Waals surface area contributed by atoms with Crippen LogP contribution in [0.3, 0.4) is 0 Å². The Hall–Kier alpha value is -0.0500. The fourth-order valence-electron chi connectivity index (χ4n) is 0.980. The Kier molecular flexibility index (Phi) is 5.98. The first-order chi connectivity index (χ1) is 7.90. The molecular weight excluding hydrogens is 438 g/mol. The summed E-state index contributed by atoms with van der Waals surface area (Å²) < 4.78 is 2.42. The van der Waals surface area contributed by atoms with Crippen molar-refractivity contribution >= 4 is 76.3 Å². The average Bonchev–Trinajstić information content (AvgIpc) is 2.20. The number of amides is 1. The van der Waals surface area contributed by atoms with E-state index < -0.39 is 0 Å². The number of hydrogen-bond acceptors (Lipinski definition) is 3. The van der Waals surface area contributed by atoms with E-state index in [1.165, 1.54) is 0 Å². The normalized spacial score (nSPS) is 10.1. The highest BCUT2D eigenvalue weighted by Gasteiger charge is 2.10. The Morgan fingerprint density at radius 1 is 1.35 bits per heavy atom. The number of carbonyl (C=O) groups is 1. The van der Waals surface area contributed by atoms with Gasteiger partial charge in [0.05, 0.1) is 11.4 Å². The molecule has 1 amide bonds. The quantitative estimate of drug-likeness (QED) is 0.492. The van der Waals surface area contributed by atoms with Gasteiger partial charge in [0.1, 0.15) is 0 Å². The van der Waals surface area contributed by atoms with Crippen molar-refractivity contribution in [2.24, 2.45) is 5.73 Å². The number of hydrogen-bond donors (Lipinski definition) is 3. The summed E-state index contributed by atoms with van der Waals surface area (Å²) in [5.74, 6) is -0.0986. The molecule has 1 rings (SSSR count). The molecule has 8 heteroatoms. The van der Waals surface area contributed by atoms with Gasteiger partial charge < -0.3 is 11.1 Å². The maximum Gasteiger partial charge on any atom is 0.234 e. The number of nitrogens with two attached hydrogens (primary N) is 1. The van der Waals surface area contributed by atoms with Gasteiger partial charge in [0.25, 0.3) is 0 Å². The monoisotopic (exact) mass is 443 g/mol. The van der Waals surface area contributed by atoms with E-state index in [-0.39, 0.29) is 16.8 Å². The highest BCUT2D eigenvalue weighted by Crippen LogP contribution is 2.34. The summed E-state index contributed by atoms with van der Waals surface area (Å²) in [5, 5.41) is 9.68. The zero-order valence-electron chi connectivity index (χ0n) is 8.39. The predicted molar refractivity (Wildman–Crippen MR) is 82.5 cm³/mol. The van der Waals surface area contributed by atoms with Crippen LogP contribution in [-0.4, -0.2) is 16.8 Å². The number of nitrogens with one attached hydrogen (secondary N) is 2. The minimum atomic E-state index is -0.214. The largest absolute Gasteiger partial charge is 0.379 e. The molecule has 1 aromatic carbocycles. The zero-order valence-corrected chi connectivity index (χ0v) is 14.0. The third-order valence-corrected chi connectivity index (χ3v) is 4.06. The number of thioether (sulfide) groups is 1. The van der Waals surface area contributed by atoms with Crippen LogP contribution in [0.4, 0.5) is 5.69 Å². The molecule has 0 aliphatic rings. The van der Waals surface area contributed by atoms with Gasteiger partial charge in [0.2, 0.25) is 5.91 Å². The lowest BCUT2D eigenvalue weighted by Gasteiger charge is -2.10. The first-order valence-corrected chi connectivity index (χ1v) is 7.68. The standard InChI is InChI=1S/C9H8Br3N3OS/c10-4-1-5(11)8(6(12)2-4)15-7(16)3-17-9(13)14/h1-2H,3H2,(H3,13,14)(H,15,16). The first-order valence-electron chi connectivity index (χ1n) is 4.31. The molecule has 0 aromatic heterocycles. The summed E-state index contributed by atoms with van der Waals surface area (Å²) in [6.45, 7) is 0. The Morgan fingerprint density at radius 3 is 2.35 bits per heavy atom. The molecule has 0 fully saturated rings. The molecule has 0 spiro atoms. The average molecular weight is 446 g/mol. The first kappa shape index (κ1) is 15.0. The summed E-state index contributed by atoms with van der Waals surface area (Å²) in [7, 11) is 0. The Bertz CT molecular complexity index is 444. The van der Waals surface area contributed by atoms with Crippen molar-refractivity contribution in [2.45, 2.75) is 0 Å². The van der Waals surface area contributed by atoms with Crippen LogP contribution < -0.4 is 11.1 Å². The zero-order chi connectivity index (χ0) is 13.0. The molecule has 0 heterocycles. The van der Waals surface area contributed by atoms with Gasteiger partial charge in [0.15, 0.2) is 5.17 Å². The van der Waals surface area contributed by atoms with E-state index in [9.17, 15) is 4.79 Å². The molecule has 0 bridgehead atoms. The van der Waals surface area contributed by atoms with E-state index in [4.69, 9.17) is 11.1 Å². The molecule has 0 saturated carbocycles. The summed E-state index contributed by atoms with van der Waals surface area (Å²) >= 11 is 11.0. The third-order valence-electron chi connectivity index (χ3n) is 1.63. The summed E-state index contributed by atoms with van der Waals surface area (Å²) in [5.41, 5.74) is 5.81. The second kappa shape index (κ2) is 6.77. The van der Waals surface area contributed by atoms with Crippen molar-refractivity contribution in [2.75, 3.05) is 11.1 Å². The van der Waals surface area contributed by atoms with Crippen LogP contribution in [0.2, 0.25) is 0 Å². The summed E-state index contributed by atoms with van der Waals surface area (Å²) in [4.78, 5) is 11.6. The maximum atomic E-state index is 11.6. The molecule has 0 saturated heterocycles. The van der Waals surface area contributed by atoms with E-state index >= 15 is 0 Å². The molecule has 4 nitrogen and oxygen atoms in total. The van der Waals surface area contributed by atoms with Gasteiger partial charge in [0, 0.05) is 13.4 Å². The molecule has 1 aromatic rings. The van der Waals surface area contributed by atoms with Crippen molar-refractivity contribution in [3.05, 3.63) is 25.6 Å². The Morgan fingerprint density at radius 2 is 1.88 bits per heavy atom. The smallest absolute Gasteiger partial charge is 0.234 e. The fraction of sp³-hybridized carbons (Fsp3) is 0.111. The van der Waals surface area contributed by atoms with Crippen molar-refractivity contribution in [3.63, 3.8) is 0 Å². The highest BCUT2D eigenvalue weighted by molar-refractivity contribution is 9.11. The SMILES string of the molecule is N=C(N)SCC(=O)Nc1c(Br)cc(Br)cc1Br. The fourth-order valence-corrected chi connectivity index (χ4v) is 3.80. The topological polar surface area (TPSA) is 79.0 Å². The molecule has 0 aliphatic carbocycles. The Labute approximate surface area is 128 Å². The lowest BCUT2D eigenvalue weighted by molar-refractivity contribution is -0.113. The van der Waals surface area contributed by atoms with Gasteiger partial charge in [-0.05, 0) is 44.0 Å². The van der Waals surface area contributed by atoms with E-state index in [1.54, 1.807) is 0 Å². The van der Waals surface area contributed by atoms with Gasteiger partial charge in [-0.25, -0.2) is 0 Å². The molecule has 0 unspecified atom stereocenters.